The Labute approximate surface area is 109 Å². The minimum atomic E-state index is 0.888. The number of para-hydroxylation sites is 3. The zero-order valence-corrected chi connectivity index (χ0v) is 10.1. The molecule has 0 bridgehead atoms. The summed E-state index contributed by atoms with van der Waals surface area (Å²) >= 11 is 0. The van der Waals surface area contributed by atoms with Gasteiger partial charge in [-0.1, -0.05) is 18.2 Å². The van der Waals surface area contributed by atoms with Crippen LogP contribution in [0.2, 0.25) is 0 Å². The first kappa shape index (κ1) is 10.2. The summed E-state index contributed by atoms with van der Waals surface area (Å²) in [6.07, 6.45) is 5.44. The van der Waals surface area contributed by atoms with Gasteiger partial charge in [0.05, 0.1) is 28.6 Å². The first-order valence-electron chi connectivity index (χ1n) is 6.06. The maximum Gasteiger partial charge on any atom is 0.113 e. The van der Waals surface area contributed by atoms with Gasteiger partial charge in [-0.15, -0.1) is 0 Å². The van der Waals surface area contributed by atoms with E-state index < -0.39 is 0 Å². The maximum atomic E-state index is 4.72. The molecule has 2 heterocycles. The lowest BCUT2D eigenvalue weighted by atomic mass is 10.2. The van der Waals surface area contributed by atoms with Crippen LogP contribution in [0.1, 0.15) is 0 Å². The molecule has 2 aromatic heterocycles. The summed E-state index contributed by atoms with van der Waals surface area (Å²) in [5, 5.41) is 0. The number of nitrogens with zero attached hydrogens (tertiary/aromatic N) is 4. The third-order valence-corrected chi connectivity index (χ3v) is 3.13. The standard InChI is InChI=1S/C15H10N4/c1-2-5-12-11(4-1)17-13-6-3-7-14(15(13)18-12)19-9-8-16-10-19/h1-10H. The highest BCUT2D eigenvalue weighted by molar-refractivity contribution is 5.90. The first-order chi connectivity index (χ1) is 9.42. The SMILES string of the molecule is c1ccc2nc3c(-n4ccnc4)cccc3nc2c1. The van der Waals surface area contributed by atoms with E-state index in [4.69, 9.17) is 4.98 Å². The van der Waals surface area contributed by atoms with Crippen LogP contribution in [0, 0.1) is 0 Å². The summed E-state index contributed by atoms with van der Waals surface area (Å²) in [6.45, 7) is 0. The molecule has 0 saturated heterocycles. The van der Waals surface area contributed by atoms with Crippen LogP contribution in [0.4, 0.5) is 0 Å². The van der Waals surface area contributed by atoms with Crippen molar-refractivity contribution >= 4 is 22.1 Å². The van der Waals surface area contributed by atoms with Crippen molar-refractivity contribution in [3.8, 4) is 5.69 Å². The van der Waals surface area contributed by atoms with Gasteiger partial charge >= 0.3 is 0 Å². The maximum absolute atomic E-state index is 4.72. The molecule has 0 N–H and O–H groups in total. The lowest BCUT2D eigenvalue weighted by molar-refractivity contribution is 1.06. The molecule has 0 saturated carbocycles. The molecule has 2 aromatic carbocycles. The van der Waals surface area contributed by atoms with Crippen LogP contribution >= 0.6 is 0 Å². The molecule has 4 heteroatoms. The van der Waals surface area contributed by atoms with Crippen molar-refractivity contribution < 1.29 is 0 Å². The van der Waals surface area contributed by atoms with Crippen LogP contribution in [-0.2, 0) is 0 Å². The molecule has 0 fully saturated rings. The third-order valence-electron chi connectivity index (χ3n) is 3.13. The smallest absolute Gasteiger partial charge is 0.113 e. The van der Waals surface area contributed by atoms with Gasteiger partial charge in [-0.05, 0) is 24.3 Å². The summed E-state index contributed by atoms with van der Waals surface area (Å²) < 4.78 is 1.95. The molecular weight excluding hydrogens is 236 g/mol. The molecule has 4 rings (SSSR count). The zero-order chi connectivity index (χ0) is 12.7. The molecular formula is C15H10N4. The highest BCUT2D eigenvalue weighted by Gasteiger charge is 2.06. The Kier molecular flexibility index (Phi) is 2.08. The van der Waals surface area contributed by atoms with Crippen molar-refractivity contribution in [2.24, 2.45) is 0 Å². The van der Waals surface area contributed by atoms with Gasteiger partial charge in [0.25, 0.3) is 0 Å². The van der Waals surface area contributed by atoms with E-state index in [1.807, 2.05) is 53.2 Å². The average molecular weight is 246 g/mol. The molecule has 0 aliphatic carbocycles. The summed E-state index contributed by atoms with van der Waals surface area (Å²) in [6, 6.07) is 13.9. The second-order valence-electron chi connectivity index (χ2n) is 4.33. The van der Waals surface area contributed by atoms with Crippen LogP contribution in [-0.4, -0.2) is 19.5 Å². The molecule has 90 valence electrons. The van der Waals surface area contributed by atoms with Crippen LogP contribution in [0.25, 0.3) is 27.8 Å². The van der Waals surface area contributed by atoms with Crippen LogP contribution in [0.3, 0.4) is 0 Å². The van der Waals surface area contributed by atoms with E-state index in [1.54, 1.807) is 12.5 Å². The van der Waals surface area contributed by atoms with Crippen molar-refractivity contribution in [2.75, 3.05) is 0 Å². The van der Waals surface area contributed by atoms with Gasteiger partial charge in [-0.3, -0.25) is 0 Å². The first-order valence-corrected chi connectivity index (χ1v) is 6.06. The van der Waals surface area contributed by atoms with Crippen molar-refractivity contribution in [1.82, 2.24) is 19.5 Å². The van der Waals surface area contributed by atoms with Gasteiger partial charge in [0.2, 0.25) is 0 Å². The predicted octanol–water partition coefficient (Wildman–Crippen LogP) is 2.97. The summed E-state index contributed by atoms with van der Waals surface area (Å²) in [5.41, 5.74) is 4.60. The fourth-order valence-corrected chi connectivity index (χ4v) is 2.24. The Morgan fingerprint density at radius 1 is 0.789 bits per heavy atom. The molecule has 0 radical (unpaired) electrons. The quantitative estimate of drug-likeness (QED) is 0.485. The number of hydrogen-bond donors (Lipinski definition) is 0. The largest absolute Gasteiger partial charge is 0.304 e. The van der Waals surface area contributed by atoms with E-state index in [0.29, 0.717) is 0 Å². The highest BCUT2D eigenvalue weighted by atomic mass is 15.0. The van der Waals surface area contributed by atoms with Crippen molar-refractivity contribution in [3.05, 3.63) is 61.2 Å². The van der Waals surface area contributed by atoms with E-state index in [1.165, 1.54) is 0 Å². The van der Waals surface area contributed by atoms with Crippen LogP contribution in [0.15, 0.2) is 61.2 Å². The van der Waals surface area contributed by atoms with Gasteiger partial charge in [-0.25, -0.2) is 15.0 Å². The minimum absolute atomic E-state index is 0.888. The fraction of sp³-hybridized carbons (Fsp3) is 0. The highest BCUT2D eigenvalue weighted by Crippen LogP contribution is 2.21. The number of fused-ring (bicyclic) bond motifs is 2. The average Bonchev–Trinajstić information content (AvgIpc) is 2.98. The molecule has 0 unspecified atom stereocenters. The normalized spacial score (nSPS) is 11.2. The Morgan fingerprint density at radius 3 is 2.37 bits per heavy atom. The van der Waals surface area contributed by atoms with Crippen molar-refractivity contribution in [1.29, 1.82) is 0 Å². The topological polar surface area (TPSA) is 43.6 Å². The van der Waals surface area contributed by atoms with Gasteiger partial charge in [-0.2, -0.15) is 0 Å². The molecule has 0 aliphatic heterocycles. The molecule has 4 aromatic rings. The van der Waals surface area contributed by atoms with E-state index in [9.17, 15) is 0 Å². The summed E-state index contributed by atoms with van der Waals surface area (Å²) in [4.78, 5) is 13.5. The Bertz CT molecular complexity index is 866. The monoisotopic (exact) mass is 246 g/mol. The van der Waals surface area contributed by atoms with E-state index in [0.717, 1.165) is 27.8 Å². The molecule has 0 amide bonds. The van der Waals surface area contributed by atoms with E-state index >= 15 is 0 Å². The second kappa shape index (κ2) is 3.88. The molecule has 4 nitrogen and oxygen atoms in total. The van der Waals surface area contributed by atoms with Crippen LogP contribution < -0.4 is 0 Å². The number of hydrogen-bond acceptors (Lipinski definition) is 3. The summed E-state index contributed by atoms with van der Waals surface area (Å²) in [7, 11) is 0. The van der Waals surface area contributed by atoms with Crippen molar-refractivity contribution in [2.45, 2.75) is 0 Å². The number of benzene rings is 2. The Balaban J connectivity index is 2.12. The third kappa shape index (κ3) is 1.57. The molecule has 0 spiro atoms. The second-order valence-corrected chi connectivity index (χ2v) is 4.33. The van der Waals surface area contributed by atoms with Gasteiger partial charge in [0.15, 0.2) is 0 Å². The van der Waals surface area contributed by atoms with Gasteiger partial charge in [0.1, 0.15) is 5.52 Å². The van der Waals surface area contributed by atoms with Crippen molar-refractivity contribution in [3.63, 3.8) is 0 Å². The number of imidazole rings is 1. The van der Waals surface area contributed by atoms with Gasteiger partial charge < -0.3 is 4.57 Å². The predicted molar refractivity (Wildman–Crippen MR) is 74.2 cm³/mol. The minimum Gasteiger partial charge on any atom is -0.304 e. The Morgan fingerprint density at radius 2 is 1.58 bits per heavy atom. The van der Waals surface area contributed by atoms with E-state index in [2.05, 4.69) is 9.97 Å². The van der Waals surface area contributed by atoms with Gasteiger partial charge in [0, 0.05) is 12.4 Å². The zero-order valence-electron chi connectivity index (χ0n) is 10.1. The lowest BCUT2D eigenvalue weighted by Crippen LogP contribution is -1.95. The lowest BCUT2D eigenvalue weighted by Gasteiger charge is -2.07. The summed E-state index contributed by atoms with van der Waals surface area (Å²) in [5.74, 6) is 0. The molecule has 0 aliphatic rings. The van der Waals surface area contributed by atoms with Crippen LogP contribution in [0.5, 0.6) is 0 Å². The molecule has 19 heavy (non-hydrogen) atoms. The number of rotatable bonds is 1. The van der Waals surface area contributed by atoms with E-state index in [-0.39, 0.29) is 0 Å². The molecule has 0 atom stereocenters. The number of aromatic nitrogens is 4. The fourth-order valence-electron chi connectivity index (χ4n) is 2.24. The Hall–Kier alpha value is -2.75.